The summed E-state index contributed by atoms with van der Waals surface area (Å²) in [6, 6.07) is 5.69. The van der Waals surface area contributed by atoms with Crippen molar-refractivity contribution in [3.05, 3.63) is 34.9 Å². The molecule has 0 heterocycles. The molecule has 1 aromatic carbocycles. The molecule has 1 aliphatic carbocycles. The predicted molar refractivity (Wildman–Crippen MR) is 99.3 cm³/mol. The van der Waals surface area contributed by atoms with Crippen LogP contribution < -0.4 is 10.6 Å². The number of fused-ring (bicyclic) bond motifs is 1. The van der Waals surface area contributed by atoms with Gasteiger partial charge in [0.2, 0.25) is 5.91 Å². The molecule has 2 rings (SSSR count). The molecule has 7 heteroatoms. The molecular formula is C20H26N2O5. The van der Waals surface area contributed by atoms with Gasteiger partial charge in [-0.15, -0.1) is 0 Å². The summed E-state index contributed by atoms with van der Waals surface area (Å²) in [4.78, 5) is 46.9. The van der Waals surface area contributed by atoms with Gasteiger partial charge in [0.25, 0.3) is 5.91 Å². The maximum atomic E-state index is 12.2. The molecule has 0 bridgehead atoms. The number of ketones is 1. The minimum Gasteiger partial charge on any atom is -0.456 e. The van der Waals surface area contributed by atoms with E-state index >= 15 is 0 Å². The number of benzene rings is 1. The van der Waals surface area contributed by atoms with Gasteiger partial charge in [-0.1, -0.05) is 19.1 Å². The van der Waals surface area contributed by atoms with E-state index < -0.39 is 18.5 Å². The van der Waals surface area contributed by atoms with Gasteiger partial charge >= 0.3 is 5.97 Å². The quantitative estimate of drug-likeness (QED) is 0.475. The Morgan fingerprint density at radius 1 is 1.00 bits per heavy atom. The number of rotatable bonds is 10. The van der Waals surface area contributed by atoms with Crippen LogP contribution in [0.25, 0.3) is 0 Å². The molecule has 0 saturated carbocycles. The zero-order valence-corrected chi connectivity index (χ0v) is 15.6. The van der Waals surface area contributed by atoms with Crippen molar-refractivity contribution in [2.45, 2.75) is 45.4 Å². The Kier molecular flexibility index (Phi) is 7.98. The summed E-state index contributed by atoms with van der Waals surface area (Å²) in [6.45, 7) is 1.84. The van der Waals surface area contributed by atoms with Gasteiger partial charge < -0.3 is 15.4 Å². The number of Topliss-reactive ketones (excluding diaryl/α,β-unsaturated/α-hetero) is 1. The van der Waals surface area contributed by atoms with Crippen LogP contribution >= 0.6 is 0 Å². The molecular weight excluding hydrogens is 348 g/mol. The first kappa shape index (κ1) is 20.6. The zero-order valence-electron chi connectivity index (χ0n) is 15.6. The van der Waals surface area contributed by atoms with E-state index in [0.717, 1.165) is 25.7 Å². The van der Waals surface area contributed by atoms with Crippen LogP contribution in [0.3, 0.4) is 0 Å². The molecule has 0 spiro atoms. The molecule has 27 heavy (non-hydrogen) atoms. The summed E-state index contributed by atoms with van der Waals surface area (Å²) >= 11 is 0. The summed E-state index contributed by atoms with van der Waals surface area (Å²) in [6.07, 6.45) is 3.92. The van der Waals surface area contributed by atoms with Crippen molar-refractivity contribution in [1.29, 1.82) is 0 Å². The third-order valence-electron chi connectivity index (χ3n) is 4.36. The highest BCUT2D eigenvalue weighted by Crippen LogP contribution is 2.23. The Hall–Kier alpha value is -2.70. The molecule has 0 saturated heterocycles. The monoisotopic (exact) mass is 374 g/mol. The number of carbonyl (C=O) groups is 4. The second kappa shape index (κ2) is 10.4. The highest BCUT2D eigenvalue weighted by molar-refractivity contribution is 5.98. The van der Waals surface area contributed by atoms with Crippen molar-refractivity contribution in [3.63, 3.8) is 0 Å². The lowest BCUT2D eigenvalue weighted by Gasteiger charge is -2.07. The predicted octanol–water partition coefficient (Wildman–Crippen LogP) is 1.32. The Labute approximate surface area is 158 Å². The molecule has 7 nitrogen and oxygen atoms in total. The Morgan fingerprint density at radius 3 is 2.56 bits per heavy atom. The van der Waals surface area contributed by atoms with Crippen LogP contribution in [0.2, 0.25) is 0 Å². The van der Waals surface area contributed by atoms with E-state index in [0.29, 0.717) is 12.1 Å². The average molecular weight is 374 g/mol. The van der Waals surface area contributed by atoms with Gasteiger partial charge in [-0.2, -0.15) is 0 Å². The van der Waals surface area contributed by atoms with E-state index in [4.69, 9.17) is 4.74 Å². The summed E-state index contributed by atoms with van der Waals surface area (Å²) in [7, 11) is 0. The van der Waals surface area contributed by atoms with Crippen LogP contribution in [0.1, 0.15) is 54.1 Å². The van der Waals surface area contributed by atoms with Crippen molar-refractivity contribution in [1.82, 2.24) is 10.6 Å². The minimum absolute atomic E-state index is 0.0403. The van der Waals surface area contributed by atoms with E-state index in [9.17, 15) is 19.2 Å². The maximum Gasteiger partial charge on any atom is 0.306 e. The standard InChI is InChI=1S/C20H26N2O5/c1-2-10-21-18(24)12-22-19(25)13-27-20(26)9-8-17(23)16-7-6-14-4-3-5-15(14)11-16/h6-7,11H,2-5,8-10,12-13H2,1H3,(H,21,24)(H,22,25). The Balaban J connectivity index is 1.65. The van der Waals surface area contributed by atoms with Crippen molar-refractivity contribution >= 4 is 23.6 Å². The van der Waals surface area contributed by atoms with E-state index in [1.807, 2.05) is 19.1 Å². The Morgan fingerprint density at radius 2 is 1.78 bits per heavy atom. The third-order valence-corrected chi connectivity index (χ3v) is 4.36. The molecule has 1 aromatic rings. The molecule has 0 unspecified atom stereocenters. The fraction of sp³-hybridized carbons (Fsp3) is 0.500. The van der Waals surface area contributed by atoms with Gasteiger partial charge in [-0.25, -0.2) is 0 Å². The SMILES string of the molecule is CCCNC(=O)CNC(=O)COC(=O)CCC(=O)c1ccc2c(c1)CCC2. The molecule has 146 valence electrons. The lowest BCUT2D eigenvalue weighted by Crippen LogP contribution is -2.38. The number of amides is 2. The van der Waals surface area contributed by atoms with E-state index in [-0.39, 0.29) is 31.1 Å². The lowest BCUT2D eigenvalue weighted by atomic mass is 10.0. The topological polar surface area (TPSA) is 102 Å². The van der Waals surface area contributed by atoms with Crippen molar-refractivity contribution in [2.24, 2.45) is 0 Å². The third kappa shape index (κ3) is 6.84. The Bertz CT molecular complexity index is 714. The normalized spacial score (nSPS) is 12.2. The molecule has 2 amide bonds. The van der Waals surface area contributed by atoms with E-state index in [2.05, 4.69) is 10.6 Å². The largest absolute Gasteiger partial charge is 0.456 e. The van der Waals surface area contributed by atoms with Gasteiger partial charge in [-0.05, 0) is 42.9 Å². The van der Waals surface area contributed by atoms with Crippen molar-refractivity contribution in [3.8, 4) is 0 Å². The number of carbonyl (C=O) groups excluding carboxylic acids is 4. The lowest BCUT2D eigenvalue weighted by molar-refractivity contribution is -0.148. The van der Waals surface area contributed by atoms with Gasteiger partial charge in [0.1, 0.15) is 0 Å². The number of ether oxygens (including phenoxy) is 1. The van der Waals surface area contributed by atoms with E-state index in [1.54, 1.807) is 6.07 Å². The number of aryl methyl sites for hydroxylation is 2. The molecule has 0 aromatic heterocycles. The molecule has 1 aliphatic rings. The average Bonchev–Trinajstić information content (AvgIpc) is 3.14. The second-order valence-electron chi connectivity index (χ2n) is 6.55. The minimum atomic E-state index is -0.616. The van der Waals surface area contributed by atoms with Gasteiger partial charge in [0, 0.05) is 18.5 Å². The zero-order chi connectivity index (χ0) is 19.6. The second-order valence-corrected chi connectivity index (χ2v) is 6.55. The van der Waals surface area contributed by atoms with Crippen LogP contribution in [0.5, 0.6) is 0 Å². The molecule has 0 atom stereocenters. The summed E-state index contributed by atoms with van der Waals surface area (Å²) in [5.41, 5.74) is 3.11. The first-order valence-corrected chi connectivity index (χ1v) is 9.33. The van der Waals surface area contributed by atoms with Gasteiger partial charge in [-0.3, -0.25) is 19.2 Å². The smallest absolute Gasteiger partial charge is 0.306 e. The van der Waals surface area contributed by atoms with Crippen LogP contribution in [0.4, 0.5) is 0 Å². The molecule has 0 radical (unpaired) electrons. The van der Waals surface area contributed by atoms with Crippen molar-refractivity contribution < 1.29 is 23.9 Å². The van der Waals surface area contributed by atoms with Crippen molar-refractivity contribution in [2.75, 3.05) is 19.7 Å². The number of hydrogen-bond donors (Lipinski definition) is 2. The number of esters is 1. The number of nitrogens with one attached hydrogen (secondary N) is 2. The van der Waals surface area contributed by atoms with Gasteiger partial charge in [0.15, 0.2) is 12.4 Å². The first-order valence-electron chi connectivity index (χ1n) is 9.33. The molecule has 0 fully saturated rings. The highest BCUT2D eigenvalue weighted by atomic mass is 16.5. The fourth-order valence-electron chi connectivity index (χ4n) is 2.88. The summed E-state index contributed by atoms with van der Waals surface area (Å²) in [5.74, 6) is -1.58. The molecule has 0 aliphatic heterocycles. The van der Waals surface area contributed by atoms with Crippen LogP contribution in [0.15, 0.2) is 18.2 Å². The highest BCUT2D eigenvalue weighted by Gasteiger charge is 2.16. The maximum absolute atomic E-state index is 12.2. The fourth-order valence-corrected chi connectivity index (χ4v) is 2.88. The van der Waals surface area contributed by atoms with E-state index in [1.165, 1.54) is 11.1 Å². The number of hydrogen-bond acceptors (Lipinski definition) is 5. The van der Waals surface area contributed by atoms with Crippen LogP contribution in [0, 0.1) is 0 Å². The summed E-state index contributed by atoms with van der Waals surface area (Å²) in [5, 5.41) is 4.98. The van der Waals surface area contributed by atoms with Crippen LogP contribution in [-0.2, 0) is 32.0 Å². The van der Waals surface area contributed by atoms with Crippen LogP contribution in [-0.4, -0.2) is 43.3 Å². The summed E-state index contributed by atoms with van der Waals surface area (Å²) < 4.78 is 4.84. The van der Waals surface area contributed by atoms with Gasteiger partial charge in [0.05, 0.1) is 13.0 Å². The first-order chi connectivity index (χ1) is 13.0. The molecule has 2 N–H and O–H groups in total.